The van der Waals surface area contributed by atoms with Crippen molar-refractivity contribution in [2.75, 3.05) is 0 Å². The van der Waals surface area contributed by atoms with E-state index in [9.17, 15) is 18.7 Å². The van der Waals surface area contributed by atoms with E-state index < -0.39 is 23.1 Å². The van der Waals surface area contributed by atoms with Crippen molar-refractivity contribution in [1.82, 2.24) is 5.43 Å². The van der Waals surface area contributed by atoms with Crippen LogP contribution in [0.3, 0.4) is 0 Å². The first-order chi connectivity index (χ1) is 10.5. The molecule has 2 aromatic rings. The second-order valence-electron chi connectivity index (χ2n) is 4.40. The molecule has 0 bridgehead atoms. The molecular weight excluding hydrogens is 314 g/mol. The summed E-state index contributed by atoms with van der Waals surface area (Å²) in [6.45, 7) is 0. The summed E-state index contributed by atoms with van der Waals surface area (Å²) < 4.78 is 27.0. The number of phenolic OH excluding ortho intramolecular Hbond substituents is 1. The summed E-state index contributed by atoms with van der Waals surface area (Å²) in [5, 5.41) is 12.5. The molecule has 0 aliphatic rings. The molecule has 0 fully saturated rings. The van der Waals surface area contributed by atoms with Gasteiger partial charge in [-0.25, -0.2) is 14.2 Å². The largest absolute Gasteiger partial charge is 0.508 e. The van der Waals surface area contributed by atoms with Gasteiger partial charge in [0.1, 0.15) is 11.6 Å². The number of phenols is 1. The van der Waals surface area contributed by atoms with Crippen LogP contribution in [0.4, 0.5) is 8.78 Å². The predicted molar refractivity (Wildman–Crippen MR) is 78.9 cm³/mol. The maximum Gasteiger partial charge on any atom is 0.244 e. The molecule has 0 saturated carbocycles. The number of hydrazone groups is 1. The average Bonchev–Trinajstić information content (AvgIpc) is 2.47. The van der Waals surface area contributed by atoms with Crippen LogP contribution in [0.2, 0.25) is 5.02 Å². The van der Waals surface area contributed by atoms with Crippen molar-refractivity contribution < 1.29 is 18.7 Å². The van der Waals surface area contributed by atoms with Crippen LogP contribution in [0.15, 0.2) is 41.5 Å². The summed E-state index contributed by atoms with van der Waals surface area (Å²) in [5.74, 6) is -2.25. The van der Waals surface area contributed by atoms with Crippen LogP contribution in [0.5, 0.6) is 5.75 Å². The number of hydrogen-bond acceptors (Lipinski definition) is 3. The Morgan fingerprint density at radius 3 is 2.82 bits per heavy atom. The first kappa shape index (κ1) is 15.9. The van der Waals surface area contributed by atoms with E-state index in [-0.39, 0.29) is 17.2 Å². The lowest BCUT2D eigenvalue weighted by atomic mass is 10.1. The Bertz CT molecular complexity index is 735. The molecule has 0 saturated heterocycles. The minimum atomic E-state index is -0.951. The molecule has 2 rings (SSSR count). The SMILES string of the molecule is O=C(Cc1cccc(O)c1)NN=Cc1c(F)ccc(Cl)c1F. The van der Waals surface area contributed by atoms with E-state index >= 15 is 0 Å². The molecule has 22 heavy (non-hydrogen) atoms. The lowest BCUT2D eigenvalue weighted by Gasteiger charge is -2.02. The average molecular weight is 325 g/mol. The normalized spacial score (nSPS) is 10.9. The number of aromatic hydroxyl groups is 1. The number of amides is 1. The summed E-state index contributed by atoms with van der Waals surface area (Å²) in [7, 11) is 0. The molecular formula is C15H11ClF2N2O2. The van der Waals surface area contributed by atoms with Crippen molar-refractivity contribution in [3.63, 3.8) is 0 Å². The van der Waals surface area contributed by atoms with Crippen molar-refractivity contribution in [3.8, 4) is 5.75 Å². The molecule has 0 atom stereocenters. The zero-order valence-corrected chi connectivity index (χ0v) is 11.9. The van der Waals surface area contributed by atoms with Gasteiger partial charge in [0.25, 0.3) is 0 Å². The maximum atomic E-state index is 13.6. The highest BCUT2D eigenvalue weighted by Gasteiger charge is 2.10. The minimum Gasteiger partial charge on any atom is -0.508 e. The van der Waals surface area contributed by atoms with Crippen molar-refractivity contribution in [2.24, 2.45) is 5.10 Å². The Morgan fingerprint density at radius 2 is 2.09 bits per heavy atom. The number of halogens is 3. The second kappa shape index (κ2) is 7.00. The number of carbonyl (C=O) groups is 1. The van der Waals surface area contributed by atoms with Crippen molar-refractivity contribution in [2.45, 2.75) is 6.42 Å². The second-order valence-corrected chi connectivity index (χ2v) is 4.80. The number of nitrogens with zero attached hydrogens (tertiary/aromatic N) is 1. The summed E-state index contributed by atoms with van der Waals surface area (Å²) in [6.07, 6.45) is 0.809. The fourth-order valence-corrected chi connectivity index (χ4v) is 1.89. The molecule has 7 heteroatoms. The van der Waals surface area contributed by atoms with Crippen molar-refractivity contribution >= 4 is 23.7 Å². The number of benzene rings is 2. The summed E-state index contributed by atoms with van der Waals surface area (Å²) in [6, 6.07) is 8.24. The molecule has 114 valence electrons. The van der Waals surface area contributed by atoms with Crippen LogP contribution >= 0.6 is 11.6 Å². The third-order valence-corrected chi connectivity index (χ3v) is 3.03. The fraction of sp³-hybridized carbons (Fsp3) is 0.0667. The van der Waals surface area contributed by atoms with Gasteiger partial charge >= 0.3 is 0 Å². The molecule has 4 nitrogen and oxygen atoms in total. The Morgan fingerprint density at radius 1 is 1.32 bits per heavy atom. The molecule has 0 heterocycles. The van der Waals surface area contributed by atoms with Gasteiger partial charge in [0.05, 0.1) is 23.2 Å². The fourth-order valence-electron chi connectivity index (χ4n) is 1.72. The van der Waals surface area contributed by atoms with E-state index in [1.807, 2.05) is 0 Å². The number of carbonyl (C=O) groups excluding carboxylic acids is 1. The Labute approximate surface area is 130 Å². The molecule has 0 unspecified atom stereocenters. The number of nitrogens with one attached hydrogen (secondary N) is 1. The lowest BCUT2D eigenvalue weighted by Crippen LogP contribution is -2.20. The number of rotatable bonds is 4. The van der Waals surface area contributed by atoms with Gasteiger partial charge < -0.3 is 5.11 Å². The summed E-state index contributed by atoms with van der Waals surface area (Å²) in [5.41, 5.74) is 2.28. The third kappa shape index (κ3) is 4.02. The van der Waals surface area contributed by atoms with E-state index in [4.69, 9.17) is 11.6 Å². The Balaban J connectivity index is 2.01. The van der Waals surface area contributed by atoms with Gasteiger partial charge in [-0.2, -0.15) is 5.10 Å². The van der Waals surface area contributed by atoms with Gasteiger partial charge in [0, 0.05) is 0 Å². The van der Waals surface area contributed by atoms with E-state index in [0.29, 0.717) is 5.56 Å². The van der Waals surface area contributed by atoms with Gasteiger partial charge in [-0.15, -0.1) is 0 Å². The monoisotopic (exact) mass is 324 g/mol. The quantitative estimate of drug-likeness (QED) is 0.516. The van der Waals surface area contributed by atoms with Gasteiger partial charge in [0.15, 0.2) is 5.82 Å². The topological polar surface area (TPSA) is 61.7 Å². The van der Waals surface area contributed by atoms with Crippen LogP contribution < -0.4 is 5.43 Å². The lowest BCUT2D eigenvalue weighted by molar-refractivity contribution is -0.120. The first-order valence-corrected chi connectivity index (χ1v) is 6.58. The Hall–Kier alpha value is -2.47. The van der Waals surface area contributed by atoms with Crippen LogP contribution in [-0.4, -0.2) is 17.2 Å². The van der Waals surface area contributed by atoms with E-state index in [1.54, 1.807) is 12.1 Å². The smallest absolute Gasteiger partial charge is 0.244 e. The number of hydrogen-bond donors (Lipinski definition) is 2. The molecule has 0 aliphatic carbocycles. The predicted octanol–water partition coefficient (Wildman–Crippen LogP) is 3.02. The van der Waals surface area contributed by atoms with Crippen LogP contribution in [0.1, 0.15) is 11.1 Å². The van der Waals surface area contributed by atoms with Gasteiger partial charge in [-0.1, -0.05) is 23.7 Å². The highest BCUT2D eigenvalue weighted by Crippen LogP contribution is 2.19. The molecule has 0 radical (unpaired) electrons. The first-order valence-electron chi connectivity index (χ1n) is 6.20. The standard InChI is InChI=1S/C15H11ClF2N2O2/c16-12-4-5-13(17)11(15(12)18)8-19-20-14(22)7-9-2-1-3-10(21)6-9/h1-6,8,21H,7H2,(H,20,22). The van der Waals surface area contributed by atoms with Crippen LogP contribution in [0.25, 0.3) is 0 Å². The zero-order valence-electron chi connectivity index (χ0n) is 11.2. The molecule has 0 aliphatic heterocycles. The van der Waals surface area contributed by atoms with Gasteiger partial charge in [-0.05, 0) is 29.8 Å². The van der Waals surface area contributed by atoms with Crippen LogP contribution in [-0.2, 0) is 11.2 Å². The van der Waals surface area contributed by atoms with Gasteiger partial charge in [-0.3, -0.25) is 4.79 Å². The highest BCUT2D eigenvalue weighted by atomic mass is 35.5. The summed E-state index contributed by atoms with van der Waals surface area (Å²) in [4.78, 5) is 11.6. The highest BCUT2D eigenvalue weighted by molar-refractivity contribution is 6.31. The van der Waals surface area contributed by atoms with E-state index in [1.165, 1.54) is 12.1 Å². The molecule has 0 aromatic heterocycles. The van der Waals surface area contributed by atoms with Gasteiger partial charge in [0.2, 0.25) is 5.91 Å². The van der Waals surface area contributed by atoms with E-state index in [0.717, 1.165) is 18.3 Å². The molecule has 1 amide bonds. The zero-order chi connectivity index (χ0) is 16.1. The van der Waals surface area contributed by atoms with E-state index in [2.05, 4.69) is 10.5 Å². The minimum absolute atomic E-state index is 0.0355. The molecule has 2 aromatic carbocycles. The summed E-state index contributed by atoms with van der Waals surface area (Å²) >= 11 is 5.54. The Kier molecular flexibility index (Phi) is 5.06. The molecule has 0 spiro atoms. The maximum absolute atomic E-state index is 13.6. The van der Waals surface area contributed by atoms with Crippen molar-refractivity contribution in [3.05, 3.63) is 64.2 Å². The van der Waals surface area contributed by atoms with Crippen LogP contribution in [0, 0.1) is 11.6 Å². The third-order valence-electron chi connectivity index (χ3n) is 2.74. The molecule has 2 N–H and O–H groups in total. The van der Waals surface area contributed by atoms with Crippen molar-refractivity contribution in [1.29, 1.82) is 0 Å².